The zero-order valence-electron chi connectivity index (χ0n) is 7.01. The Balaban J connectivity index is 1.51. The van der Waals surface area contributed by atoms with E-state index < -0.39 is 0 Å². The third-order valence-electron chi connectivity index (χ3n) is 2.50. The van der Waals surface area contributed by atoms with Gasteiger partial charge in [-0.25, -0.2) is 0 Å². The van der Waals surface area contributed by atoms with E-state index in [1.54, 1.807) is 0 Å². The molecule has 0 aromatic heterocycles. The van der Waals surface area contributed by atoms with Gasteiger partial charge in [0.25, 0.3) is 0 Å². The molecule has 0 bridgehead atoms. The molecule has 1 saturated carbocycles. The molecule has 0 aromatic rings. The molecule has 2 aliphatic rings. The van der Waals surface area contributed by atoms with Crippen LogP contribution in [-0.4, -0.2) is 25.3 Å². The smallest absolute Gasteiger partial charge is 0.0588 e. The summed E-state index contributed by atoms with van der Waals surface area (Å²) < 4.78 is 5.52. The maximum absolute atomic E-state index is 5.52. The monoisotopic (exact) mass is 155 g/mol. The molecule has 1 unspecified atom stereocenters. The number of hydrogen-bond donors (Lipinski definition) is 1. The Morgan fingerprint density at radius 3 is 2.82 bits per heavy atom. The Hall–Kier alpha value is -0.0800. The minimum Gasteiger partial charge on any atom is -0.378 e. The fourth-order valence-corrected chi connectivity index (χ4v) is 1.61. The second kappa shape index (κ2) is 3.55. The molecule has 0 spiro atoms. The average molecular weight is 155 g/mol. The summed E-state index contributed by atoms with van der Waals surface area (Å²) in [5.41, 5.74) is 0. The van der Waals surface area contributed by atoms with Gasteiger partial charge in [0.1, 0.15) is 0 Å². The molecule has 11 heavy (non-hydrogen) atoms. The van der Waals surface area contributed by atoms with Crippen LogP contribution in [0, 0.1) is 0 Å². The lowest BCUT2D eigenvalue weighted by Gasteiger charge is -2.08. The lowest BCUT2D eigenvalue weighted by Crippen LogP contribution is -2.21. The Bertz CT molecular complexity index is 117. The molecule has 2 rings (SSSR count). The van der Waals surface area contributed by atoms with Crippen LogP contribution in [0.2, 0.25) is 0 Å². The van der Waals surface area contributed by atoms with E-state index >= 15 is 0 Å². The van der Waals surface area contributed by atoms with Gasteiger partial charge in [0.05, 0.1) is 6.10 Å². The minimum atomic E-state index is 0.571. The van der Waals surface area contributed by atoms with Gasteiger partial charge in [0, 0.05) is 12.6 Å². The van der Waals surface area contributed by atoms with Gasteiger partial charge < -0.3 is 10.1 Å². The summed E-state index contributed by atoms with van der Waals surface area (Å²) in [5, 5.41) is 3.50. The van der Waals surface area contributed by atoms with Crippen LogP contribution in [0.25, 0.3) is 0 Å². The molecule has 0 amide bonds. The maximum Gasteiger partial charge on any atom is 0.0588 e. The van der Waals surface area contributed by atoms with E-state index in [9.17, 15) is 0 Å². The number of rotatable bonds is 4. The molecule has 0 aromatic carbocycles. The van der Waals surface area contributed by atoms with Crippen molar-refractivity contribution in [2.24, 2.45) is 0 Å². The molecular formula is C9H17NO. The molecule has 1 aliphatic carbocycles. The molecule has 1 atom stereocenters. The van der Waals surface area contributed by atoms with Crippen molar-refractivity contribution in [1.29, 1.82) is 0 Å². The van der Waals surface area contributed by atoms with Crippen LogP contribution in [0.5, 0.6) is 0 Å². The van der Waals surface area contributed by atoms with Crippen LogP contribution in [0.3, 0.4) is 0 Å². The summed E-state index contributed by atoms with van der Waals surface area (Å²) in [6.07, 6.45) is 7.13. The van der Waals surface area contributed by atoms with Gasteiger partial charge in [-0.05, 0) is 38.6 Å². The SMILES string of the molecule is C1COC(CCNC2CC2)C1. The zero-order valence-corrected chi connectivity index (χ0v) is 7.01. The highest BCUT2D eigenvalue weighted by molar-refractivity contribution is 4.81. The van der Waals surface area contributed by atoms with Crippen LogP contribution >= 0.6 is 0 Å². The van der Waals surface area contributed by atoms with E-state index in [-0.39, 0.29) is 0 Å². The Morgan fingerprint density at radius 2 is 2.18 bits per heavy atom. The van der Waals surface area contributed by atoms with Gasteiger partial charge in [-0.2, -0.15) is 0 Å². The van der Waals surface area contributed by atoms with Crippen molar-refractivity contribution in [1.82, 2.24) is 5.32 Å². The molecule has 64 valence electrons. The summed E-state index contributed by atoms with van der Waals surface area (Å²) in [7, 11) is 0. The zero-order chi connectivity index (χ0) is 7.52. The summed E-state index contributed by atoms with van der Waals surface area (Å²) in [6, 6.07) is 0.858. The highest BCUT2D eigenvalue weighted by atomic mass is 16.5. The lowest BCUT2D eigenvalue weighted by atomic mass is 10.2. The largest absolute Gasteiger partial charge is 0.378 e. The maximum atomic E-state index is 5.52. The van der Waals surface area contributed by atoms with Crippen molar-refractivity contribution >= 4 is 0 Å². The fraction of sp³-hybridized carbons (Fsp3) is 1.00. The molecule has 2 heteroatoms. The van der Waals surface area contributed by atoms with Crippen molar-refractivity contribution in [3.8, 4) is 0 Å². The van der Waals surface area contributed by atoms with Crippen LogP contribution in [0.15, 0.2) is 0 Å². The molecule has 2 fully saturated rings. The minimum absolute atomic E-state index is 0.571. The predicted molar refractivity (Wildman–Crippen MR) is 44.6 cm³/mol. The molecule has 2 nitrogen and oxygen atoms in total. The quantitative estimate of drug-likeness (QED) is 0.661. The first-order valence-electron chi connectivity index (χ1n) is 4.80. The molecule has 1 saturated heterocycles. The molecular weight excluding hydrogens is 138 g/mol. The number of hydrogen-bond acceptors (Lipinski definition) is 2. The van der Waals surface area contributed by atoms with Crippen molar-refractivity contribution < 1.29 is 4.74 Å². The average Bonchev–Trinajstić information content (AvgIpc) is 2.66. The second-order valence-corrected chi connectivity index (χ2v) is 3.65. The van der Waals surface area contributed by atoms with Crippen molar-refractivity contribution in [3.05, 3.63) is 0 Å². The van der Waals surface area contributed by atoms with Crippen molar-refractivity contribution in [2.75, 3.05) is 13.2 Å². The van der Waals surface area contributed by atoms with Gasteiger partial charge in [-0.15, -0.1) is 0 Å². The normalized spacial score (nSPS) is 31.1. The van der Waals surface area contributed by atoms with Crippen LogP contribution in [0.1, 0.15) is 32.1 Å². The first-order valence-corrected chi connectivity index (χ1v) is 4.80. The summed E-state index contributed by atoms with van der Waals surface area (Å²) in [4.78, 5) is 0. The number of ether oxygens (including phenoxy) is 1. The van der Waals surface area contributed by atoms with Gasteiger partial charge >= 0.3 is 0 Å². The Kier molecular flexibility index (Phi) is 2.44. The van der Waals surface area contributed by atoms with E-state index in [1.807, 2.05) is 0 Å². The lowest BCUT2D eigenvalue weighted by molar-refractivity contribution is 0.104. The van der Waals surface area contributed by atoms with Crippen LogP contribution in [-0.2, 0) is 4.74 Å². The third-order valence-corrected chi connectivity index (χ3v) is 2.50. The highest BCUT2D eigenvalue weighted by Gasteiger charge is 2.21. The standard InChI is InChI=1S/C9H17NO/c1-2-9(11-7-1)5-6-10-8-3-4-8/h8-10H,1-7H2. The highest BCUT2D eigenvalue weighted by Crippen LogP contribution is 2.19. The Labute approximate surface area is 68.3 Å². The van der Waals surface area contributed by atoms with Gasteiger partial charge in [-0.1, -0.05) is 0 Å². The van der Waals surface area contributed by atoms with Crippen molar-refractivity contribution in [2.45, 2.75) is 44.2 Å². The van der Waals surface area contributed by atoms with Crippen LogP contribution < -0.4 is 5.32 Å². The van der Waals surface area contributed by atoms with Gasteiger partial charge in [0.2, 0.25) is 0 Å². The number of nitrogens with one attached hydrogen (secondary N) is 1. The first kappa shape index (κ1) is 7.56. The van der Waals surface area contributed by atoms with Gasteiger partial charge in [0.15, 0.2) is 0 Å². The summed E-state index contributed by atoms with van der Waals surface area (Å²) in [6.45, 7) is 2.16. The fourth-order valence-electron chi connectivity index (χ4n) is 1.61. The van der Waals surface area contributed by atoms with Crippen molar-refractivity contribution in [3.63, 3.8) is 0 Å². The van der Waals surface area contributed by atoms with E-state index in [0.29, 0.717) is 6.10 Å². The van der Waals surface area contributed by atoms with E-state index in [1.165, 1.54) is 32.1 Å². The van der Waals surface area contributed by atoms with E-state index in [2.05, 4.69) is 5.32 Å². The topological polar surface area (TPSA) is 21.3 Å². The molecule has 1 aliphatic heterocycles. The first-order chi connectivity index (χ1) is 5.45. The molecule has 1 heterocycles. The molecule has 1 N–H and O–H groups in total. The Morgan fingerprint density at radius 1 is 1.27 bits per heavy atom. The second-order valence-electron chi connectivity index (χ2n) is 3.65. The van der Waals surface area contributed by atoms with Crippen LogP contribution in [0.4, 0.5) is 0 Å². The van der Waals surface area contributed by atoms with Gasteiger partial charge in [-0.3, -0.25) is 0 Å². The van der Waals surface area contributed by atoms with E-state index in [0.717, 1.165) is 19.2 Å². The van der Waals surface area contributed by atoms with E-state index in [4.69, 9.17) is 4.74 Å². The predicted octanol–water partition coefficient (Wildman–Crippen LogP) is 1.31. The molecule has 0 radical (unpaired) electrons. The summed E-state index contributed by atoms with van der Waals surface area (Å²) >= 11 is 0. The summed E-state index contributed by atoms with van der Waals surface area (Å²) in [5.74, 6) is 0. The third kappa shape index (κ3) is 2.46.